The maximum atomic E-state index is 12.0. The van der Waals surface area contributed by atoms with Gasteiger partial charge in [-0.2, -0.15) is 4.98 Å². The van der Waals surface area contributed by atoms with Crippen molar-refractivity contribution >= 4 is 11.0 Å². The Morgan fingerprint density at radius 1 is 1.19 bits per heavy atom. The van der Waals surface area contributed by atoms with Crippen LogP contribution < -0.4 is 17.0 Å². The summed E-state index contributed by atoms with van der Waals surface area (Å²) in [6, 6.07) is 3.83. The van der Waals surface area contributed by atoms with E-state index < -0.39 is 17.4 Å². The van der Waals surface area contributed by atoms with Gasteiger partial charge in [0.05, 0.1) is 17.2 Å². The molecule has 21 heavy (non-hydrogen) atoms. The highest BCUT2D eigenvalue weighted by Crippen LogP contribution is 2.25. The number of aryl methyl sites for hydroxylation is 2. The third-order valence-corrected chi connectivity index (χ3v) is 3.57. The highest BCUT2D eigenvalue weighted by molar-refractivity contribution is 5.81. The molecular formula is C14H15N5O2. The van der Waals surface area contributed by atoms with E-state index in [0.717, 1.165) is 16.6 Å². The molecule has 2 heterocycles. The zero-order chi connectivity index (χ0) is 15.3. The van der Waals surface area contributed by atoms with Crippen molar-refractivity contribution in [2.75, 3.05) is 0 Å². The minimum Gasteiger partial charge on any atom is -0.311 e. The fourth-order valence-electron chi connectivity index (χ4n) is 2.42. The van der Waals surface area contributed by atoms with Gasteiger partial charge in [0.1, 0.15) is 0 Å². The summed E-state index contributed by atoms with van der Waals surface area (Å²) in [4.78, 5) is 33.8. The molecule has 2 aliphatic heterocycles. The van der Waals surface area contributed by atoms with Gasteiger partial charge >= 0.3 is 5.69 Å². The van der Waals surface area contributed by atoms with Gasteiger partial charge in [0.15, 0.2) is 11.5 Å². The van der Waals surface area contributed by atoms with Gasteiger partial charge in [0.25, 0.3) is 5.56 Å². The maximum Gasteiger partial charge on any atom is 0.349 e. The second-order valence-corrected chi connectivity index (χ2v) is 5.19. The number of nitrogens with two attached hydrogens (primary N) is 1. The van der Waals surface area contributed by atoms with E-state index in [-0.39, 0.29) is 11.5 Å². The van der Waals surface area contributed by atoms with Crippen molar-refractivity contribution in [2.24, 2.45) is 5.73 Å². The van der Waals surface area contributed by atoms with Crippen molar-refractivity contribution in [1.29, 1.82) is 0 Å². The number of benzene rings is 1. The van der Waals surface area contributed by atoms with Crippen LogP contribution >= 0.6 is 0 Å². The van der Waals surface area contributed by atoms with E-state index in [1.54, 1.807) is 11.5 Å². The first kappa shape index (κ1) is 13.4. The van der Waals surface area contributed by atoms with Gasteiger partial charge in [-0.05, 0) is 44.0 Å². The Kier molecular flexibility index (Phi) is 2.87. The first-order valence-corrected chi connectivity index (χ1v) is 6.57. The number of hydrogen-bond donors (Lipinski definition) is 2. The van der Waals surface area contributed by atoms with E-state index in [9.17, 15) is 9.59 Å². The molecule has 0 aliphatic carbocycles. The van der Waals surface area contributed by atoms with Crippen LogP contribution in [0.1, 0.15) is 24.2 Å². The van der Waals surface area contributed by atoms with Gasteiger partial charge in [-0.1, -0.05) is 0 Å². The molecule has 1 unspecified atom stereocenters. The fraction of sp³-hybridized carbons (Fsp3) is 0.286. The number of nitrogens with one attached hydrogen (secondary N) is 1. The average Bonchev–Trinajstić information content (AvgIpc) is 2.38. The second-order valence-electron chi connectivity index (χ2n) is 5.19. The lowest BCUT2D eigenvalue weighted by atomic mass is 10.1. The van der Waals surface area contributed by atoms with Crippen LogP contribution in [0, 0.1) is 13.8 Å². The predicted octanol–water partition coefficient (Wildman–Crippen LogP) is 0.679. The van der Waals surface area contributed by atoms with Crippen LogP contribution in [0.15, 0.2) is 21.7 Å². The van der Waals surface area contributed by atoms with Gasteiger partial charge in [-0.15, -0.1) is 0 Å². The van der Waals surface area contributed by atoms with E-state index in [0.29, 0.717) is 5.52 Å². The van der Waals surface area contributed by atoms with Crippen molar-refractivity contribution in [1.82, 2.24) is 19.5 Å². The molecule has 1 aromatic rings. The molecule has 0 radical (unpaired) electrons. The smallest absolute Gasteiger partial charge is 0.311 e. The van der Waals surface area contributed by atoms with E-state index >= 15 is 0 Å². The lowest BCUT2D eigenvalue weighted by Gasteiger charge is -2.20. The summed E-state index contributed by atoms with van der Waals surface area (Å²) in [6.07, 6.45) is -0.450. The molecule has 2 aliphatic rings. The molecule has 0 amide bonds. The van der Waals surface area contributed by atoms with Gasteiger partial charge in [-0.3, -0.25) is 9.78 Å². The number of rotatable bonds is 1. The van der Waals surface area contributed by atoms with Gasteiger partial charge < -0.3 is 10.3 Å². The second kappa shape index (κ2) is 4.49. The number of H-pyrrole nitrogens is 1. The minimum atomic E-state index is -0.702. The first-order chi connectivity index (χ1) is 9.88. The van der Waals surface area contributed by atoms with Crippen molar-refractivity contribution < 1.29 is 0 Å². The Bertz CT molecular complexity index is 939. The fourth-order valence-corrected chi connectivity index (χ4v) is 2.42. The zero-order valence-electron chi connectivity index (χ0n) is 12.0. The summed E-state index contributed by atoms with van der Waals surface area (Å²) in [5, 5.41) is 0. The molecule has 0 saturated carbocycles. The van der Waals surface area contributed by atoms with E-state index in [1.807, 2.05) is 26.0 Å². The Morgan fingerprint density at radius 3 is 2.52 bits per heavy atom. The third-order valence-electron chi connectivity index (χ3n) is 3.57. The highest BCUT2D eigenvalue weighted by Gasteiger charge is 2.20. The zero-order valence-corrected chi connectivity index (χ0v) is 12.0. The van der Waals surface area contributed by atoms with Crippen molar-refractivity contribution in [2.45, 2.75) is 26.9 Å². The number of fused-ring (bicyclic) bond motifs is 2. The first-order valence-electron chi connectivity index (χ1n) is 6.57. The highest BCUT2D eigenvalue weighted by atomic mass is 16.2. The lowest BCUT2D eigenvalue weighted by Crippen LogP contribution is -2.31. The molecular weight excluding hydrogens is 270 g/mol. The van der Waals surface area contributed by atoms with E-state index in [2.05, 4.69) is 15.0 Å². The quantitative estimate of drug-likeness (QED) is 0.639. The topological polar surface area (TPSA) is 107 Å². The Morgan fingerprint density at radius 2 is 1.86 bits per heavy atom. The number of hydrogen-bond acceptors (Lipinski definition) is 5. The van der Waals surface area contributed by atoms with Crippen molar-refractivity contribution in [3.63, 3.8) is 0 Å². The summed E-state index contributed by atoms with van der Waals surface area (Å²) >= 11 is 0. The molecule has 0 bridgehead atoms. The molecule has 7 nitrogen and oxygen atoms in total. The summed E-state index contributed by atoms with van der Waals surface area (Å²) in [5.74, 6) is 0.203. The maximum absolute atomic E-state index is 12.0. The third kappa shape index (κ3) is 2.02. The van der Waals surface area contributed by atoms with Crippen LogP contribution in [0.4, 0.5) is 0 Å². The standard InChI is InChI=1S/C14H15N5O2/c1-6-4-9-10(5-7(6)2)19(8(3)15)12-11(16-9)13(20)18-14(21)17-12/h4-5,8H,15H2,1-3H3,(H,18,20,21). The van der Waals surface area contributed by atoms with Crippen LogP contribution in [0.3, 0.4) is 0 Å². The summed E-state index contributed by atoms with van der Waals surface area (Å²) in [6.45, 7) is 5.72. The molecule has 108 valence electrons. The molecule has 3 rings (SSSR count). The van der Waals surface area contributed by atoms with Crippen LogP contribution in [-0.2, 0) is 0 Å². The molecule has 0 fully saturated rings. The largest absolute Gasteiger partial charge is 0.349 e. The molecule has 1 aromatic carbocycles. The summed E-state index contributed by atoms with van der Waals surface area (Å²) < 4.78 is 1.67. The van der Waals surface area contributed by atoms with Gasteiger partial charge in [0, 0.05) is 0 Å². The molecule has 0 saturated heterocycles. The molecule has 1 atom stereocenters. The van der Waals surface area contributed by atoms with E-state index in [1.165, 1.54) is 0 Å². The SMILES string of the molecule is Cc1cc2nc3c(=O)[nH]c(=O)nc-3n(C(C)N)c2cc1C. The average molecular weight is 285 g/mol. The summed E-state index contributed by atoms with van der Waals surface area (Å²) in [7, 11) is 0. The number of aromatic nitrogens is 4. The minimum absolute atomic E-state index is 0.114. The van der Waals surface area contributed by atoms with Crippen molar-refractivity contribution in [3.05, 3.63) is 44.1 Å². The number of aromatic amines is 1. The lowest BCUT2D eigenvalue weighted by molar-refractivity contribution is 0.581. The summed E-state index contributed by atoms with van der Waals surface area (Å²) in [5.41, 5.74) is 8.41. The monoisotopic (exact) mass is 285 g/mol. The van der Waals surface area contributed by atoms with Crippen LogP contribution in [0.25, 0.3) is 22.6 Å². The molecule has 0 aromatic heterocycles. The van der Waals surface area contributed by atoms with Crippen molar-refractivity contribution in [3.8, 4) is 11.5 Å². The Balaban J connectivity index is 2.62. The molecule has 0 spiro atoms. The Hall–Kier alpha value is -2.54. The number of nitrogens with zero attached hydrogens (tertiary/aromatic N) is 3. The van der Waals surface area contributed by atoms with Gasteiger partial charge in [-0.25, -0.2) is 9.78 Å². The predicted molar refractivity (Wildman–Crippen MR) is 79.4 cm³/mol. The Labute approximate surface area is 119 Å². The normalized spacial score (nSPS) is 13.0. The van der Waals surface area contributed by atoms with E-state index in [4.69, 9.17) is 5.73 Å². The van der Waals surface area contributed by atoms with Gasteiger partial charge in [0.2, 0.25) is 0 Å². The molecule has 7 heteroatoms. The van der Waals surface area contributed by atoms with Crippen LogP contribution in [-0.4, -0.2) is 19.5 Å². The van der Waals surface area contributed by atoms with Crippen LogP contribution in [0.2, 0.25) is 0 Å². The molecule has 3 N–H and O–H groups in total. The van der Waals surface area contributed by atoms with Crippen LogP contribution in [0.5, 0.6) is 0 Å².